The van der Waals surface area contributed by atoms with E-state index >= 15 is 0 Å². The summed E-state index contributed by atoms with van der Waals surface area (Å²) in [7, 11) is 0. The third kappa shape index (κ3) is 3.82. The summed E-state index contributed by atoms with van der Waals surface area (Å²) in [5.41, 5.74) is 6.03. The fraction of sp³-hybridized carbons (Fsp3) is 0.364. The van der Waals surface area contributed by atoms with Crippen LogP contribution in [0.2, 0.25) is 5.02 Å². The van der Waals surface area contributed by atoms with Crippen molar-refractivity contribution in [1.82, 2.24) is 0 Å². The van der Waals surface area contributed by atoms with Gasteiger partial charge in [-0.25, -0.2) is 8.78 Å². The summed E-state index contributed by atoms with van der Waals surface area (Å²) in [5, 5.41) is 16.7. The lowest BCUT2D eigenvalue weighted by Crippen LogP contribution is -2.33. The number of amidine groups is 1. The first kappa shape index (κ1) is 14.7. The number of alkyl halides is 2. The van der Waals surface area contributed by atoms with E-state index in [4.69, 9.17) is 27.9 Å². The Morgan fingerprint density at radius 2 is 2.17 bits per heavy atom. The van der Waals surface area contributed by atoms with Crippen LogP contribution in [0.3, 0.4) is 0 Å². The Balaban J connectivity index is 3.15. The average Bonchev–Trinajstić information content (AvgIpc) is 2.27. The molecule has 0 unspecified atom stereocenters. The van der Waals surface area contributed by atoms with Crippen LogP contribution in [0.25, 0.3) is 0 Å². The molecule has 0 aromatic heterocycles. The monoisotopic (exact) mass is 277 g/mol. The number of aliphatic hydroxyl groups is 1. The molecule has 1 aromatic rings. The highest BCUT2D eigenvalue weighted by Gasteiger charge is 2.17. The van der Waals surface area contributed by atoms with E-state index < -0.39 is 13.0 Å². The minimum atomic E-state index is -2.56. The molecule has 0 aliphatic rings. The summed E-state index contributed by atoms with van der Waals surface area (Å²) >= 11 is 5.81. The number of nitrogen functional groups attached to an aromatic ring is 1. The molecule has 0 aliphatic carbocycles. The Kier molecular flexibility index (Phi) is 5.30. The molecule has 7 heteroatoms. The number of anilines is 1. The van der Waals surface area contributed by atoms with Gasteiger partial charge in [-0.15, -0.1) is 0 Å². The van der Waals surface area contributed by atoms with Gasteiger partial charge in [0, 0.05) is 22.8 Å². The molecule has 18 heavy (non-hydrogen) atoms. The number of halogens is 3. The van der Waals surface area contributed by atoms with Gasteiger partial charge < -0.3 is 15.7 Å². The number of benzene rings is 1. The van der Waals surface area contributed by atoms with Crippen molar-refractivity contribution < 1.29 is 13.9 Å². The zero-order chi connectivity index (χ0) is 13.7. The number of nitrogens with two attached hydrogens (primary N) is 1. The number of hydrogen-bond acceptors (Lipinski definition) is 3. The van der Waals surface area contributed by atoms with Crippen LogP contribution in [0.5, 0.6) is 0 Å². The van der Waals surface area contributed by atoms with Crippen LogP contribution in [0, 0.1) is 5.41 Å². The van der Waals surface area contributed by atoms with Crippen LogP contribution in [0.4, 0.5) is 14.5 Å². The highest BCUT2D eigenvalue weighted by atomic mass is 35.5. The molecule has 100 valence electrons. The lowest BCUT2D eigenvalue weighted by Gasteiger charge is -2.26. The van der Waals surface area contributed by atoms with Crippen molar-refractivity contribution in [1.29, 1.82) is 5.41 Å². The molecule has 1 aromatic carbocycles. The molecule has 0 spiro atoms. The summed E-state index contributed by atoms with van der Waals surface area (Å²) in [6.45, 7) is -0.817. The lowest BCUT2D eigenvalue weighted by molar-refractivity contribution is 0.153. The molecule has 0 radical (unpaired) electrons. The van der Waals surface area contributed by atoms with Crippen LogP contribution in [0.1, 0.15) is 5.56 Å². The van der Waals surface area contributed by atoms with Gasteiger partial charge in [-0.2, -0.15) is 0 Å². The van der Waals surface area contributed by atoms with Gasteiger partial charge in [0.25, 0.3) is 6.43 Å². The normalized spacial score (nSPS) is 10.7. The van der Waals surface area contributed by atoms with Crippen molar-refractivity contribution in [2.24, 2.45) is 5.73 Å². The smallest absolute Gasteiger partial charge is 0.255 e. The van der Waals surface area contributed by atoms with E-state index in [9.17, 15) is 8.78 Å². The fourth-order valence-corrected chi connectivity index (χ4v) is 1.76. The summed E-state index contributed by atoms with van der Waals surface area (Å²) in [6.07, 6.45) is -2.56. The maximum absolute atomic E-state index is 12.5. The highest BCUT2D eigenvalue weighted by Crippen LogP contribution is 2.25. The van der Waals surface area contributed by atoms with E-state index in [1.165, 1.54) is 23.1 Å². The molecule has 0 bridgehead atoms. The number of hydrogen-bond donors (Lipinski definition) is 3. The SMILES string of the molecule is N=C(N)c1ccc(Cl)cc1N(CCO)CC(F)F. The second kappa shape index (κ2) is 6.51. The molecule has 0 aliphatic heterocycles. The summed E-state index contributed by atoms with van der Waals surface area (Å²) < 4.78 is 25.0. The quantitative estimate of drug-likeness (QED) is 0.547. The Bertz CT molecular complexity index is 429. The van der Waals surface area contributed by atoms with E-state index in [2.05, 4.69) is 0 Å². The molecule has 4 nitrogen and oxygen atoms in total. The second-order valence-corrected chi connectivity index (χ2v) is 4.07. The zero-order valence-corrected chi connectivity index (χ0v) is 10.3. The molecule has 0 atom stereocenters. The maximum atomic E-state index is 12.5. The Labute approximate surface area is 108 Å². The molecule has 0 fully saturated rings. The zero-order valence-electron chi connectivity index (χ0n) is 9.54. The van der Waals surface area contributed by atoms with E-state index in [1.807, 2.05) is 0 Å². The van der Waals surface area contributed by atoms with Gasteiger partial charge in [0.15, 0.2) is 0 Å². The summed E-state index contributed by atoms with van der Waals surface area (Å²) in [4.78, 5) is 1.26. The van der Waals surface area contributed by atoms with Crippen LogP contribution in [-0.4, -0.2) is 37.1 Å². The third-order valence-corrected chi connectivity index (χ3v) is 2.55. The summed E-state index contributed by atoms with van der Waals surface area (Å²) in [5.74, 6) is -0.237. The van der Waals surface area contributed by atoms with Gasteiger partial charge >= 0.3 is 0 Å². The Morgan fingerprint density at radius 1 is 1.50 bits per heavy atom. The predicted octanol–water partition coefficient (Wildman–Crippen LogP) is 1.69. The van der Waals surface area contributed by atoms with Crippen molar-refractivity contribution in [2.45, 2.75) is 6.43 Å². The molecule has 4 N–H and O–H groups in total. The predicted molar refractivity (Wildman–Crippen MR) is 67.8 cm³/mol. The molecule has 0 heterocycles. The molecular weight excluding hydrogens is 264 g/mol. The van der Waals surface area contributed by atoms with Gasteiger partial charge in [0.1, 0.15) is 5.84 Å². The first-order valence-electron chi connectivity index (χ1n) is 5.23. The summed E-state index contributed by atoms with van der Waals surface area (Å²) in [6, 6.07) is 4.48. The third-order valence-electron chi connectivity index (χ3n) is 2.32. The molecule has 1 rings (SSSR count). The van der Waals surface area contributed by atoms with Crippen LogP contribution in [0.15, 0.2) is 18.2 Å². The van der Waals surface area contributed by atoms with Crippen molar-refractivity contribution in [3.8, 4) is 0 Å². The molecular formula is C11H14ClF2N3O. The Hall–Kier alpha value is -1.40. The second-order valence-electron chi connectivity index (χ2n) is 3.64. The molecule has 0 saturated carbocycles. The Morgan fingerprint density at radius 3 is 2.67 bits per heavy atom. The van der Waals surface area contributed by atoms with Gasteiger partial charge in [0.2, 0.25) is 0 Å². The molecule has 0 saturated heterocycles. The van der Waals surface area contributed by atoms with Crippen molar-refractivity contribution in [3.63, 3.8) is 0 Å². The first-order valence-corrected chi connectivity index (χ1v) is 5.61. The van der Waals surface area contributed by atoms with Gasteiger partial charge in [0.05, 0.1) is 13.2 Å². The van der Waals surface area contributed by atoms with Crippen molar-refractivity contribution in [2.75, 3.05) is 24.6 Å². The fourth-order valence-electron chi connectivity index (χ4n) is 1.59. The molecule has 0 amide bonds. The van der Waals surface area contributed by atoms with Gasteiger partial charge in [-0.1, -0.05) is 11.6 Å². The average molecular weight is 278 g/mol. The maximum Gasteiger partial charge on any atom is 0.255 e. The number of nitrogens with zero attached hydrogens (tertiary/aromatic N) is 1. The van der Waals surface area contributed by atoms with Crippen molar-refractivity contribution >= 4 is 23.1 Å². The first-order chi connectivity index (χ1) is 8.45. The minimum Gasteiger partial charge on any atom is -0.395 e. The standard InChI is InChI=1S/C11H14ClF2N3O/c12-7-1-2-8(11(15)16)9(5-7)17(3-4-18)6-10(13)14/h1-2,5,10,18H,3-4,6H2,(H3,15,16). The number of aliphatic hydroxyl groups excluding tert-OH is 1. The minimum absolute atomic E-state index is 0.0188. The van der Waals surface area contributed by atoms with Crippen molar-refractivity contribution in [3.05, 3.63) is 28.8 Å². The van der Waals surface area contributed by atoms with E-state index in [-0.39, 0.29) is 19.0 Å². The van der Waals surface area contributed by atoms with E-state index in [1.54, 1.807) is 0 Å². The highest BCUT2D eigenvalue weighted by molar-refractivity contribution is 6.31. The van der Waals surface area contributed by atoms with Gasteiger partial charge in [-0.05, 0) is 18.2 Å². The van der Waals surface area contributed by atoms with Crippen LogP contribution in [-0.2, 0) is 0 Å². The largest absolute Gasteiger partial charge is 0.395 e. The van der Waals surface area contributed by atoms with E-state index in [0.29, 0.717) is 16.3 Å². The van der Waals surface area contributed by atoms with Crippen LogP contribution >= 0.6 is 11.6 Å². The van der Waals surface area contributed by atoms with Gasteiger partial charge in [-0.3, -0.25) is 5.41 Å². The van der Waals surface area contributed by atoms with E-state index in [0.717, 1.165) is 0 Å². The topological polar surface area (TPSA) is 73.3 Å². The lowest BCUT2D eigenvalue weighted by atomic mass is 10.1. The number of nitrogens with one attached hydrogen (secondary N) is 1. The number of rotatable bonds is 6. The van der Waals surface area contributed by atoms with Crippen LogP contribution < -0.4 is 10.6 Å².